The van der Waals surface area contributed by atoms with Crippen LogP contribution in [-0.2, 0) is 4.79 Å². The molecule has 138 valence electrons. The van der Waals surface area contributed by atoms with E-state index in [1.165, 1.54) is 24.0 Å². The van der Waals surface area contributed by atoms with Crippen molar-refractivity contribution >= 4 is 17.5 Å². The largest absolute Gasteiger partial charge is 0.484 e. The van der Waals surface area contributed by atoms with Crippen molar-refractivity contribution in [3.8, 4) is 5.75 Å². The zero-order valence-electron chi connectivity index (χ0n) is 15.1. The van der Waals surface area contributed by atoms with Gasteiger partial charge < -0.3 is 10.1 Å². The second kappa shape index (κ2) is 9.06. The SMILES string of the molecule is Cc1ccc([C@H](CNC(=O)COc2ccc(Cl)cc2)N2CCCC2)cc1. The molecule has 1 atom stereocenters. The van der Waals surface area contributed by atoms with E-state index in [1.54, 1.807) is 24.3 Å². The molecule has 1 saturated heterocycles. The number of nitrogens with one attached hydrogen (secondary N) is 1. The number of hydrogen-bond donors (Lipinski definition) is 1. The zero-order valence-corrected chi connectivity index (χ0v) is 15.8. The standard InChI is InChI=1S/C21H25ClN2O2/c1-16-4-6-17(7-5-16)20(24-12-2-3-13-24)14-23-21(25)15-26-19-10-8-18(22)9-11-19/h4-11,20H,2-3,12-15H2,1H3,(H,23,25)/t20-/m0/s1. The van der Waals surface area contributed by atoms with Crippen LogP contribution in [0.25, 0.3) is 0 Å². The molecule has 0 unspecified atom stereocenters. The van der Waals surface area contributed by atoms with Crippen LogP contribution >= 0.6 is 11.6 Å². The maximum Gasteiger partial charge on any atom is 0.258 e. The van der Waals surface area contributed by atoms with E-state index in [9.17, 15) is 4.79 Å². The molecule has 1 amide bonds. The van der Waals surface area contributed by atoms with Crippen LogP contribution in [0.15, 0.2) is 48.5 Å². The lowest BCUT2D eigenvalue weighted by molar-refractivity contribution is -0.123. The van der Waals surface area contributed by atoms with E-state index in [4.69, 9.17) is 16.3 Å². The second-order valence-electron chi connectivity index (χ2n) is 6.72. The average molecular weight is 373 g/mol. The molecule has 3 rings (SSSR count). The Balaban J connectivity index is 1.55. The van der Waals surface area contributed by atoms with Crippen LogP contribution in [-0.4, -0.2) is 37.0 Å². The lowest BCUT2D eigenvalue weighted by Gasteiger charge is -2.28. The first kappa shape index (κ1) is 18.7. The van der Waals surface area contributed by atoms with Gasteiger partial charge in [-0.25, -0.2) is 0 Å². The van der Waals surface area contributed by atoms with E-state index in [0.29, 0.717) is 17.3 Å². The number of nitrogens with zero attached hydrogens (tertiary/aromatic N) is 1. The van der Waals surface area contributed by atoms with Gasteiger partial charge in [-0.15, -0.1) is 0 Å². The Kier molecular flexibility index (Phi) is 6.53. The fourth-order valence-corrected chi connectivity index (χ4v) is 3.37. The van der Waals surface area contributed by atoms with Gasteiger partial charge in [0.2, 0.25) is 0 Å². The number of rotatable bonds is 7. The third-order valence-corrected chi connectivity index (χ3v) is 4.97. The molecule has 1 N–H and O–H groups in total. The molecule has 0 aliphatic carbocycles. The predicted molar refractivity (Wildman–Crippen MR) is 105 cm³/mol. The number of aryl methyl sites for hydroxylation is 1. The van der Waals surface area contributed by atoms with Crippen LogP contribution in [0.4, 0.5) is 0 Å². The topological polar surface area (TPSA) is 41.6 Å². The van der Waals surface area contributed by atoms with Crippen LogP contribution in [0.2, 0.25) is 5.02 Å². The maximum atomic E-state index is 12.2. The van der Waals surface area contributed by atoms with Crippen LogP contribution in [0.5, 0.6) is 5.75 Å². The fraction of sp³-hybridized carbons (Fsp3) is 0.381. The summed E-state index contributed by atoms with van der Waals surface area (Å²) in [7, 11) is 0. The third-order valence-electron chi connectivity index (χ3n) is 4.72. The molecule has 4 nitrogen and oxygen atoms in total. The number of carbonyl (C=O) groups is 1. The molecule has 0 bridgehead atoms. The Morgan fingerprint density at radius 2 is 1.77 bits per heavy atom. The van der Waals surface area contributed by atoms with Crippen molar-refractivity contribution < 1.29 is 9.53 Å². The summed E-state index contributed by atoms with van der Waals surface area (Å²) in [6, 6.07) is 15.8. The van der Waals surface area contributed by atoms with E-state index in [0.717, 1.165) is 13.1 Å². The molecule has 0 radical (unpaired) electrons. The van der Waals surface area contributed by atoms with Gasteiger partial charge in [0, 0.05) is 11.6 Å². The van der Waals surface area contributed by atoms with Crippen LogP contribution in [0.3, 0.4) is 0 Å². The molecule has 2 aromatic carbocycles. The van der Waals surface area contributed by atoms with Gasteiger partial charge in [-0.3, -0.25) is 9.69 Å². The summed E-state index contributed by atoms with van der Waals surface area (Å²) in [5.41, 5.74) is 2.49. The molecule has 1 heterocycles. The summed E-state index contributed by atoms with van der Waals surface area (Å²) < 4.78 is 5.52. The molecule has 1 aliphatic rings. The molecular formula is C21H25ClN2O2. The molecule has 0 aromatic heterocycles. The summed E-state index contributed by atoms with van der Waals surface area (Å²) in [4.78, 5) is 14.7. The van der Waals surface area contributed by atoms with Gasteiger partial charge in [-0.2, -0.15) is 0 Å². The number of likely N-dealkylation sites (tertiary alicyclic amines) is 1. The van der Waals surface area contributed by atoms with Crippen molar-refractivity contribution in [2.24, 2.45) is 0 Å². The first-order chi connectivity index (χ1) is 12.6. The normalized spacial score (nSPS) is 15.6. The molecule has 2 aromatic rings. The molecule has 1 aliphatic heterocycles. The quantitative estimate of drug-likeness (QED) is 0.799. The predicted octanol–water partition coefficient (Wildman–Crippen LogP) is 3.98. The number of amides is 1. The number of carbonyl (C=O) groups excluding carboxylic acids is 1. The van der Waals surface area contributed by atoms with Crippen molar-refractivity contribution in [2.75, 3.05) is 26.2 Å². The van der Waals surface area contributed by atoms with E-state index < -0.39 is 0 Å². The second-order valence-corrected chi connectivity index (χ2v) is 7.15. The highest BCUT2D eigenvalue weighted by Crippen LogP contribution is 2.25. The minimum absolute atomic E-state index is 0.00223. The Bertz CT molecular complexity index is 710. The molecule has 1 fully saturated rings. The molecule has 0 saturated carbocycles. The van der Waals surface area contributed by atoms with Gasteiger partial charge in [-0.1, -0.05) is 41.4 Å². The molecule has 26 heavy (non-hydrogen) atoms. The molecular weight excluding hydrogens is 348 g/mol. The van der Waals surface area contributed by atoms with Gasteiger partial charge in [0.25, 0.3) is 5.91 Å². The van der Waals surface area contributed by atoms with E-state index in [2.05, 4.69) is 41.4 Å². The average Bonchev–Trinajstić information content (AvgIpc) is 3.17. The van der Waals surface area contributed by atoms with Crippen molar-refractivity contribution in [2.45, 2.75) is 25.8 Å². The van der Waals surface area contributed by atoms with Crippen LogP contribution in [0, 0.1) is 6.92 Å². The Morgan fingerprint density at radius 1 is 1.12 bits per heavy atom. The van der Waals surface area contributed by atoms with Crippen molar-refractivity contribution in [3.63, 3.8) is 0 Å². The zero-order chi connectivity index (χ0) is 18.4. The summed E-state index contributed by atoms with van der Waals surface area (Å²) in [6.07, 6.45) is 2.44. The highest BCUT2D eigenvalue weighted by Gasteiger charge is 2.23. The highest BCUT2D eigenvalue weighted by molar-refractivity contribution is 6.30. The number of hydrogen-bond acceptors (Lipinski definition) is 3. The first-order valence-corrected chi connectivity index (χ1v) is 9.45. The minimum Gasteiger partial charge on any atom is -0.484 e. The van der Waals surface area contributed by atoms with Crippen LogP contribution in [0.1, 0.15) is 30.0 Å². The van der Waals surface area contributed by atoms with Gasteiger partial charge in [-0.05, 0) is 62.7 Å². The monoisotopic (exact) mass is 372 g/mol. The minimum atomic E-state index is -0.115. The first-order valence-electron chi connectivity index (χ1n) is 9.07. The smallest absolute Gasteiger partial charge is 0.258 e. The van der Waals surface area contributed by atoms with Crippen molar-refractivity contribution in [1.29, 1.82) is 0 Å². The van der Waals surface area contributed by atoms with E-state index in [1.807, 2.05) is 0 Å². The summed E-state index contributed by atoms with van der Waals surface area (Å²) in [6.45, 7) is 4.84. The fourth-order valence-electron chi connectivity index (χ4n) is 3.24. The van der Waals surface area contributed by atoms with E-state index in [-0.39, 0.29) is 18.6 Å². The Labute approximate surface area is 160 Å². The van der Waals surface area contributed by atoms with Gasteiger partial charge in [0.15, 0.2) is 6.61 Å². The lowest BCUT2D eigenvalue weighted by atomic mass is 10.0. The van der Waals surface area contributed by atoms with Gasteiger partial charge in [0.1, 0.15) is 5.75 Å². The van der Waals surface area contributed by atoms with Crippen molar-refractivity contribution in [3.05, 3.63) is 64.7 Å². The maximum absolute atomic E-state index is 12.2. The third kappa shape index (κ3) is 5.23. The Morgan fingerprint density at radius 3 is 2.42 bits per heavy atom. The number of benzene rings is 2. The van der Waals surface area contributed by atoms with Gasteiger partial charge >= 0.3 is 0 Å². The summed E-state index contributed by atoms with van der Waals surface area (Å²) in [5, 5.41) is 3.67. The molecule has 0 spiro atoms. The van der Waals surface area contributed by atoms with E-state index >= 15 is 0 Å². The Hall–Kier alpha value is -2.04. The van der Waals surface area contributed by atoms with Crippen molar-refractivity contribution in [1.82, 2.24) is 10.2 Å². The summed E-state index contributed by atoms with van der Waals surface area (Å²) >= 11 is 5.85. The lowest BCUT2D eigenvalue weighted by Crippen LogP contribution is -2.38. The summed E-state index contributed by atoms with van der Waals surface area (Å²) in [5.74, 6) is 0.524. The number of halogens is 1. The molecule has 5 heteroatoms. The highest BCUT2D eigenvalue weighted by atomic mass is 35.5. The van der Waals surface area contributed by atoms with Gasteiger partial charge in [0.05, 0.1) is 6.04 Å². The van der Waals surface area contributed by atoms with Crippen LogP contribution < -0.4 is 10.1 Å². The number of ether oxygens (including phenoxy) is 1.